The van der Waals surface area contributed by atoms with Gasteiger partial charge < -0.3 is 4.74 Å². The van der Waals surface area contributed by atoms with Gasteiger partial charge in [-0.3, -0.25) is 4.90 Å². The average molecular weight is 427 g/mol. The smallest absolute Gasteiger partial charge is 0.240 e. The Morgan fingerprint density at radius 3 is 2.71 bits per heavy atom. The normalized spacial score (nSPS) is 18.3. The highest BCUT2D eigenvalue weighted by Crippen LogP contribution is 2.22. The second-order valence-corrected chi connectivity index (χ2v) is 8.93. The minimum atomic E-state index is -3.68. The van der Waals surface area contributed by atoms with Crippen molar-refractivity contribution >= 4 is 21.6 Å². The number of nitrogens with zero attached hydrogens (tertiary/aromatic N) is 1. The van der Waals surface area contributed by atoms with Gasteiger partial charge in [0, 0.05) is 19.6 Å². The number of rotatable bonds is 8. The van der Waals surface area contributed by atoms with Crippen LogP contribution in [0.1, 0.15) is 24.5 Å². The third-order valence-electron chi connectivity index (χ3n) is 4.72. The Hall–Kier alpha value is -1.51. The van der Waals surface area contributed by atoms with Crippen LogP contribution >= 0.6 is 11.6 Å². The monoisotopic (exact) mass is 426 g/mol. The van der Waals surface area contributed by atoms with Crippen LogP contribution in [-0.4, -0.2) is 46.1 Å². The number of hydrogen-bond donors (Lipinski definition) is 1. The van der Waals surface area contributed by atoms with E-state index in [1.54, 1.807) is 0 Å². The molecule has 0 spiro atoms. The summed E-state index contributed by atoms with van der Waals surface area (Å²) in [7, 11) is -3.68. The molecule has 5 nitrogen and oxygen atoms in total. The van der Waals surface area contributed by atoms with Crippen molar-refractivity contribution in [3.8, 4) is 0 Å². The first-order valence-electron chi connectivity index (χ1n) is 9.29. The molecule has 1 fully saturated rings. The summed E-state index contributed by atoms with van der Waals surface area (Å²) in [6.45, 7) is 3.62. The minimum absolute atomic E-state index is 0.0298. The van der Waals surface area contributed by atoms with Crippen LogP contribution in [0.4, 0.5) is 4.39 Å². The lowest BCUT2D eigenvalue weighted by Crippen LogP contribution is -2.39. The Kier molecular flexibility index (Phi) is 7.42. The van der Waals surface area contributed by atoms with Crippen LogP contribution in [0.15, 0.2) is 53.4 Å². The average Bonchev–Trinajstić information content (AvgIpc) is 2.70. The number of sulfonamides is 1. The standard InChI is InChI=1S/C20H24ClFN2O3S/c21-18-14-17(8-9-19(18)22)28(25,26)23-10-4-5-11-24-12-13-27-20(15-24)16-6-2-1-3-7-16/h1-3,6-9,14,20,23H,4-5,10-13,15H2. The molecule has 1 aliphatic heterocycles. The van der Waals surface area contributed by atoms with Gasteiger partial charge in [0.25, 0.3) is 0 Å². The molecule has 0 bridgehead atoms. The number of unbranched alkanes of at least 4 members (excludes halogenated alkanes) is 1. The van der Waals surface area contributed by atoms with Gasteiger partial charge >= 0.3 is 0 Å². The predicted molar refractivity (Wildman–Crippen MR) is 107 cm³/mol. The van der Waals surface area contributed by atoms with Crippen LogP contribution in [-0.2, 0) is 14.8 Å². The molecule has 0 saturated carbocycles. The lowest BCUT2D eigenvalue weighted by atomic mass is 10.1. The Balaban J connectivity index is 1.41. The molecular weight excluding hydrogens is 403 g/mol. The SMILES string of the molecule is O=S(=O)(NCCCCN1CCOC(c2ccccc2)C1)c1ccc(F)c(Cl)c1. The van der Waals surface area contributed by atoms with Gasteiger partial charge in [-0.2, -0.15) is 0 Å². The van der Waals surface area contributed by atoms with Gasteiger partial charge in [0.2, 0.25) is 10.0 Å². The van der Waals surface area contributed by atoms with E-state index in [4.69, 9.17) is 16.3 Å². The molecule has 28 heavy (non-hydrogen) atoms. The highest BCUT2D eigenvalue weighted by molar-refractivity contribution is 7.89. The molecule has 152 valence electrons. The summed E-state index contributed by atoms with van der Waals surface area (Å²) in [5.41, 5.74) is 1.18. The van der Waals surface area contributed by atoms with Crippen LogP contribution in [0.5, 0.6) is 0 Å². The fourth-order valence-electron chi connectivity index (χ4n) is 3.17. The number of hydrogen-bond acceptors (Lipinski definition) is 4. The van der Waals surface area contributed by atoms with E-state index in [1.165, 1.54) is 11.6 Å². The van der Waals surface area contributed by atoms with E-state index >= 15 is 0 Å². The van der Waals surface area contributed by atoms with Crippen molar-refractivity contribution in [1.29, 1.82) is 0 Å². The summed E-state index contributed by atoms with van der Waals surface area (Å²) in [5.74, 6) is -0.639. The van der Waals surface area contributed by atoms with Crippen LogP contribution in [0, 0.1) is 5.82 Å². The molecule has 0 radical (unpaired) electrons. The molecule has 0 amide bonds. The first-order chi connectivity index (χ1) is 13.5. The fourth-order valence-corrected chi connectivity index (χ4v) is 4.51. The summed E-state index contributed by atoms with van der Waals surface area (Å²) < 4.78 is 46.1. The third kappa shape index (κ3) is 5.75. The molecule has 0 aromatic heterocycles. The zero-order valence-electron chi connectivity index (χ0n) is 15.5. The second-order valence-electron chi connectivity index (χ2n) is 6.75. The molecular formula is C20H24ClFN2O3S. The molecule has 8 heteroatoms. The van der Waals surface area contributed by atoms with Crippen LogP contribution in [0.3, 0.4) is 0 Å². The maximum Gasteiger partial charge on any atom is 0.240 e. The zero-order chi connectivity index (χ0) is 20.0. The molecule has 1 heterocycles. The molecule has 1 N–H and O–H groups in total. The van der Waals surface area contributed by atoms with E-state index < -0.39 is 15.8 Å². The Bertz CT molecular complexity index is 880. The number of morpholine rings is 1. The van der Waals surface area contributed by atoms with Crippen molar-refractivity contribution in [2.24, 2.45) is 0 Å². The van der Waals surface area contributed by atoms with Gasteiger partial charge in [0.1, 0.15) is 5.82 Å². The third-order valence-corrected chi connectivity index (χ3v) is 6.46. The van der Waals surface area contributed by atoms with Gasteiger partial charge in [0.15, 0.2) is 0 Å². The van der Waals surface area contributed by atoms with Crippen molar-refractivity contribution in [3.05, 3.63) is 64.9 Å². The summed E-state index contributed by atoms with van der Waals surface area (Å²) in [6, 6.07) is 13.5. The van der Waals surface area contributed by atoms with Crippen molar-refractivity contribution in [2.45, 2.75) is 23.8 Å². The molecule has 3 rings (SSSR count). The fraction of sp³-hybridized carbons (Fsp3) is 0.400. The van der Waals surface area contributed by atoms with Gasteiger partial charge in [-0.15, -0.1) is 0 Å². The maximum absolute atomic E-state index is 13.2. The Morgan fingerprint density at radius 2 is 1.96 bits per heavy atom. The quantitative estimate of drug-likeness (QED) is 0.655. The van der Waals surface area contributed by atoms with Gasteiger partial charge in [-0.25, -0.2) is 17.5 Å². The topological polar surface area (TPSA) is 58.6 Å². The summed E-state index contributed by atoms with van der Waals surface area (Å²) in [5, 5.41) is -0.205. The number of ether oxygens (including phenoxy) is 1. The lowest BCUT2D eigenvalue weighted by Gasteiger charge is -2.33. The van der Waals surface area contributed by atoms with Crippen molar-refractivity contribution in [3.63, 3.8) is 0 Å². The number of nitrogens with one attached hydrogen (secondary N) is 1. The molecule has 2 aromatic rings. The summed E-state index contributed by atoms with van der Waals surface area (Å²) in [4.78, 5) is 2.31. The van der Waals surface area contributed by atoms with E-state index in [9.17, 15) is 12.8 Å². The second kappa shape index (κ2) is 9.80. The van der Waals surface area contributed by atoms with Crippen molar-refractivity contribution in [1.82, 2.24) is 9.62 Å². The van der Waals surface area contributed by atoms with Crippen LogP contribution < -0.4 is 4.72 Å². The molecule has 1 unspecified atom stereocenters. The molecule has 0 aliphatic carbocycles. The molecule has 1 saturated heterocycles. The predicted octanol–water partition coefficient (Wildman–Crippen LogP) is 3.61. The van der Waals surface area contributed by atoms with E-state index in [1.807, 2.05) is 18.2 Å². The van der Waals surface area contributed by atoms with Gasteiger partial charge in [-0.05, 0) is 43.1 Å². The first kappa shape index (κ1) is 21.2. The maximum atomic E-state index is 13.2. The number of benzene rings is 2. The van der Waals surface area contributed by atoms with E-state index in [0.717, 1.165) is 38.2 Å². The lowest BCUT2D eigenvalue weighted by molar-refractivity contribution is -0.0303. The van der Waals surface area contributed by atoms with Crippen molar-refractivity contribution in [2.75, 3.05) is 32.8 Å². The van der Waals surface area contributed by atoms with Gasteiger partial charge in [0.05, 0.1) is 22.6 Å². The number of halogens is 2. The molecule has 1 atom stereocenters. The van der Waals surface area contributed by atoms with Crippen LogP contribution in [0.25, 0.3) is 0 Å². The minimum Gasteiger partial charge on any atom is -0.371 e. The highest BCUT2D eigenvalue weighted by atomic mass is 35.5. The molecule has 1 aliphatic rings. The van der Waals surface area contributed by atoms with E-state index in [0.29, 0.717) is 19.6 Å². The largest absolute Gasteiger partial charge is 0.371 e. The van der Waals surface area contributed by atoms with E-state index in [-0.39, 0.29) is 16.0 Å². The van der Waals surface area contributed by atoms with E-state index in [2.05, 4.69) is 21.8 Å². The highest BCUT2D eigenvalue weighted by Gasteiger charge is 2.21. The molecule has 2 aromatic carbocycles. The van der Waals surface area contributed by atoms with Gasteiger partial charge in [-0.1, -0.05) is 41.9 Å². The van der Waals surface area contributed by atoms with Crippen LogP contribution in [0.2, 0.25) is 5.02 Å². The Labute approximate surface area is 170 Å². The Morgan fingerprint density at radius 1 is 1.18 bits per heavy atom. The first-order valence-corrected chi connectivity index (χ1v) is 11.2. The summed E-state index contributed by atoms with van der Waals surface area (Å²) in [6.07, 6.45) is 1.66. The van der Waals surface area contributed by atoms with Crippen molar-refractivity contribution < 1.29 is 17.5 Å². The summed E-state index contributed by atoms with van der Waals surface area (Å²) >= 11 is 5.66. The zero-order valence-corrected chi connectivity index (χ0v) is 17.1.